The van der Waals surface area contributed by atoms with Crippen LogP contribution in [0.25, 0.3) is 0 Å². The molecule has 1 heterocycles. The quantitative estimate of drug-likeness (QED) is 0.654. The van der Waals surface area contributed by atoms with Crippen LogP contribution >= 0.6 is 0 Å². The van der Waals surface area contributed by atoms with Crippen LogP contribution in [-0.4, -0.2) is 4.92 Å². The summed E-state index contributed by atoms with van der Waals surface area (Å²) in [4.78, 5) is 9.65. The van der Waals surface area contributed by atoms with E-state index in [9.17, 15) is 14.5 Å². The Hall–Kier alpha value is -2.37. The van der Waals surface area contributed by atoms with Gasteiger partial charge in [-0.15, -0.1) is 0 Å². The van der Waals surface area contributed by atoms with Gasteiger partial charge in [-0.3, -0.25) is 10.1 Å². The number of nitro benzene ring substituents is 1. The smallest absolute Gasteiger partial charge is 0.304 e. The molecular formula is C11H9FN2O3. The third-order valence-corrected chi connectivity index (χ3v) is 2.19. The molecule has 88 valence electrons. The highest BCUT2D eigenvalue weighted by atomic mass is 19.1. The van der Waals surface area contributed by atoms with E-state index in [4.69, 9.17) is 4.42 Å². The van der Waals surface area contributed by atoms with Gasteiger partial charge in [-0.2, -0.15) is 4.39 Å². The summed E-state index contributed by atoms with van der Waals surface area (Å²) in [6.07, 6.45) is 1.54. The van der Waals surface area contributed by atoms with Gasteiger partial charge in [0.25, 0.3) is 0 Å². The molecule has 0 saturated heterocycles. The summed E-state index contributed by atoms with van der Waals surface area (Å²) in [6.45, 7) is 0.393. The fourth-order valence-corrected chi connectivity index (χ4v) is 1.37. The molecular weight excluding hydrogens is 227 g/mol. The number of benzene rings is 1. The Morgan fingerprint density at radius 3 is 2.82 bits per heavy atom. The molecule has 5 nitrogen and oxygen atoms in total. The normalized spacial score (nSPS) is 10.2. The van der Waals surface area contributed by atoms with Gasteiger partial charge >= 0.3 is 5.69 Å². The molecule has 1 aromatic heterocycles. The Balaban J connectivity index is 2.07. The van der Waals surface area contributed by atoms with Crippen molar-refractivity contribution < 1.29 is 13.7 Å². The average Bonchev–Trinajstić information content (AvgIpc) is 2.78. The zero-order valence-corrected chi connectivity index (χ0v) is 8.72. The molecule has 2 aromatic rings. The van der Waals surface area contributed by atoms with E-state index in [1.54, 1.807) is 12.1 Å². The van der Waals surface area contributed by atoms with E-state index in [0.29, 0.717) is 18.0 Å². The van der Waals surface area contributed by atoms with E-state index >= 15 is 0 Å². The first-order valence-electron chi connectivity index (χ1n) is 4.87. The molecule has 17 heavy (non-hydrogen) atoms. The molecule has 2 rings (SSSR count). The SMILES string of the molecule is O=[N+]([O-])c1ccc(NCc2ccco2)cc1F. The lowest BCUT2D eigenvalue weighted by Crippen LogP contribution is -1.99. The van der Waals surface area contributed by atoms with Gasteiger partial charge in [-0.1, -0.05) is 0 Å². The van der Waals surface area contributed by atoms with Crippen LogP contribution in [0.15, 0.2) is 41.0 Å². The van der Waals surface area contributed by atoms with Gasteiger partial charge in [0, 0.05) is 17.8 Å². The topological polar surface area (TPSA) is 68.3 Å². The fraction of sp³-hybridized carbons (Fsp3) is 0.0909. The molecule has 0 amide bonds. The number of nitro groups is 1. The molecule has 1 aromatic carbocycles. The van der Waals surface area contributed by atoms with Crippen molar-refractivity contribution in [3.05, 3.63) is 58.3 Å². The summed E-state index contributed by atoms with van der Waals surface area (Å²) in [5.74, 6) is -0.164. The number of anilines is 1. The van der Waals surface area contributed by atoms with Crippen LogP contribution in [0.5, 0.6) is 0 Å². The molecule has 0 bridgehead atoms. The minimum Gasteiger partial charge on any atom is -0.467 e. The van der Waals surface area contributed by atoms with Crippen LogP contribution in [0.1, 0.15) is 5.76 Å². The van der Waals surface area contributed by atoms with Gasteiger partial charge in [-0.25, -0.2) is 0 Å². The number of halogens is 1. The van der Waals surface area contributed by atoms with E-state index in [2.05, 4.69) is 5.32 Å². The molecule has 0 fully saturated rings. The Morgan fingerprint density at radius 2 is 2.24 bits per heavy atom. The molecule has 0 radical (unpaired) electrons. The Morgan fingerprint density at radius 1 is 1.41 bits per heavy atom. The largest absolute Gasteiger partial charge is 0.467 e. The number of hydrogen-bond donors (Lipinski definition) is 1. The standard InChI is InChI=1S/C11H9FN2O3/c12-10-6-8(3-4-11(10)14(15)16)13-7-9-2-1-5-17-9/h1-6,13H,7H2. The summed E-state index contributed by atoms with van der Waals surface area (Å²) < 4.78 is 18.3. The van der Waals surface area contributed by atoms with E-state index < -0.39 is 16.4 Å². The molecule has 0 unspecified atom stereocenters. The molecule has 0 atom stereocenters. The Labute approximate surface area is 96.0 Å². The van der Waals surface area contributed by atoms with E-state index in [-0.39, 0.29) is 0 Å². The molecule has 0 spiro atoms. The lowest BCUT2D eigenvalue weighted by atomic mass is 10.2. The third-order valence-electron chi connectivity index (χ3n) is 2.19. The monoisotopic (exact) mass is 236 g/mol. The highest BCUT2D eigenvalue weighted by Gasteiger charge is 2.13. The first-order chi connectivity index (χ1) is 8.16. The molecule has 0 aliphatic carbocycles. The number of nitrogens with one attached hydrogen (secondary N) is 1. The summed E-state index contributed by atoms with van der Waals surface area (Å²) in [6, 6.07) is 7.17. The second-order valence-electron chi connectivity index (χ2n) is 3.36. The van der Waals surface area contributed by atoms with Crippen LogP contribution in [0.4, 0.5) is 15.8 Å². The van der Waals surface area contributed by atoms with Crippen molar-refractivity contribution in [1.29, 1.82) is 0 Å². The molecule has 0 aliphatic rings. The molecule has 0 aliphatic heterocycles. The summed E-state index contributed by atoms with van der Waals surface area (Å²) in [7, 11) is 0. The van der Waals surface area contributed by atoms with E-state index in [1.165, 1.54) is 12.3 Å². The second-order valence-corrected chi connectivity index (χ2v) is 3.36. The maximum Gasteiger partial charge on any atom is 0.304 e. The number of hydrogen-bond acceptors (Lipinski definition) is 4. The van der Waals surface area contributed by atoms with E-state index in [1.807, 2.05) is 0 Å². The summed E-state index contributed by atoms with van der Waals surface area (Å²) in [5, 5.41) is 13.3. The van der Waals surface area contributed by atoms with Crippen LogP contribution in [-0.2, 0) is 6.54 Å². The number of furan rings is 1. The first kappa shape index (κ1) is 11.1. The van der Waals surface area contributed by atoms with Crippen molar-refractivity contribution in [1.82, 2.24) is 0 Å². The number of rotatable bonds is 4. The number of nitrogens with zero attached hydrogens (tertiary/aromatic N) is 1. The lowest BCUT2D eigenvalue weighted by molar-refractivity contribution is -0.387. The molecule has 1 N–H and O–H groups in total. The first-order valence-corrected chi connectivity index (χ1v) is 4.87. The van der Waals surface area contributed by atoms with Gasteiger partial charge < -0.3 is 9.73 Å². The minimum absolute atomic E-state index is 0.393. The Kier molecular flexibility index (Phi) is 3.04. The zero-order valence-electron chi connectivity index (χ0n) is 8.72. The van der Waals surface area contributed by atoms with Gasteiger partial charge in [-0.05, 0) is 18.2 Å². The van der Waals surface area contributed by atoms with Crippen molar-refractivity contribution in [3.8, 4) is 0 Å². The van der Waals surface area contributed by atoms with E-state index in [0.717, 1.165) is 12.1 Å². The van der Waals surface area contributed by atoms with Crippen molar-refractivity contribution in [2.45, 2.75) is 6.54 Å². The molecule has 6 heteroatoms. The van der Waals surface area contributed by atoms with Gasteiger partial charge in [0.05, 0.1) is 17.7 Å². The predicted octanol–water partition coefficient (Wildman–Crippen LogP) is 2.94. The van der Waals surface area contributed by atoms with Crippen LogP contribution in [0, 0.1) is 15.9 Å². The second kappa shape index (κ2) is 4.65. The fourth-order valence-electron chi connectivity index (χ4n) is 1.37. The van der Waals surface area contributed by atoms with Crippen LogP contribution in [0.2, 0.25) is 0 Å². The van der Waals surface area contributed by atoms with Crippen molar-refractivity contribution >= 4 is 11.4 Å². The maximum atomic E-state index is 13.3. The lowest BCUT2D eigenvalue weighted by Gasteiger charge is -2.04. The summed E-state index contributed by atoms with van der Waals surface area (Å²) in [5.41, 5.74) is -0.0713. The third kappa shape index (κ3) is 2.60. The van der Waals surface area contributed by atoms with Crippen molar-refractivity contribution in [2.24, 2.45) is 0 Å². The van der Waals surface area contributed by atoms with Gasteiger partial charge in [0.1, 0.15) is 5.76 Å². The average molecular weight is 236 g/mol. The van der Waals surface area contributed by atoms with Gasteiger partial charge in [0.15, 0.2) is 0 Å². The van der Waals surface area contributed by atoms with Crippen LogP contribution < -0.4 is 5.32 Å². The van der Waals surface area contributed by atoms with Crippen molar-refractivity contribution in [2.75, 3.05) is 5.32 Å². The molecule has 0 saturated carbocycles. The Bertz CT molecular complexity index is 526. The minimum atomic E-state index is -0.862. The summed E-state index contributed by atoms with van der Waals surface area (Å²) >= 11 is 0. The highest BCUT2D eigenvalue weighted by molar-refractivity contribution is 5.49. The predicted molar refractivity (Wildman–Crippen MR) is 59.1 cm³/mol. The zero-order chi connectivity index (χ0) is 12.3. The van der Waals surface area contributed by atoms with Crippen LogP contribution in [0.3, 0.4) is 0 Å². The maximum absolute atomic E-state index is 13.3. The highest BCUT2D eigenvalue weighted by Crippen LogP contribution is 2.21. The van der Waals surface area contributed by atoms with Crippen molar-refractivity contribution in [3.63, 3.8) is 0 Å². The van der Waals surface area contributed by atoms with Gasteiger partial charge in [0.2, 0.25) is 5.82 Å².